The van der Waals surface area contributed by atoms with Gasteiger partial charge >= 0.3 is 0 Å². The first-order chi connectivity index (χ1) is 14.4. The number of anilines is 1. The second kappa shape index (κ2) is 7.94. The van der Waals surface area contributed by atoms with Crippen LogP contribution in [0.2, 0.25) is 0 Å². The standard InChI is InChI=1S/C23H21FN4O2/c1-14-21-17(16-9-5-4-6-10-16)13-20(26-22(21)28(3)27-14)30-15(2)23(29)25-19-12-8-7-11-18(19)24/h4-13,15H,1-3H3,(H,25,29)/t15-/m1/s1. The molecular formula is C23H21FN4O2. The van der Waals surface area contributed by atoms with Crippen LogP contribution in [-0.2, 0) is 11.8 Å². The molecule has 4 aromatic rings. The largest absolute Gasteiger partial charge is 0.464 e. The van der Waals surface area contributed by atoms with Crippen LogP contribution in [0.4, 0.5) is 10.1 Å². The van der Waals surface area contributed by atoms with Crippen LogP contribution in [0.3, 0.4) is 0 Å². The summed E-state index contributed by atoms with van der Waals surface area (Å²) in [6.45, 7) is 3.53. The van der Waals surface area contributed by atoms with Gasteiger partial charge in [-0.1, -0.05) is 42.5 Å². The Kier molecular flexibility index (Phi) is 5.18. The van der Waals surface area contributed by atoms with Crippen molar-refractivity contribution in [3.05, 3.63) is 72.2 Å². The van der Waals surface area contributed by atoms with Crippen molar-refractivity contribution in [2.24, 2.45) is 7.05 Å². The number of pyridine rings is 1. The molecule has 6 nitrogen and oxygen atoms in total. The number of aryl methyl sites for hydroxylation is 2. The fourth-order valence-electron chi connectivity index (χ4n) is 3.36. The third kappa shape index (κ3) is 3.74. The normalized spacial score (nSPS) is 12.0. The number of para-hydroxylation sites is 1. The molecule has 152 valence electrons. The minimum absolute atomic E-state index is 0.105. The van der Waals surface area contributed by atoms with Crippen LogP contribution in [-0.4, -0.2) is 26.8 Å². The fraction of sp³-hybridized carbons (Fsp3) is 0.174. The van der Waals surface area contributed by atoms with Crippen molar-refractivity contribution in [2.75, 3.05) is 5.32 Å². The van der Waals surface area contributed by atoms with Crippen LogP contribution in [0.25, 0.3) is 22.2 Å². The van der Waals surface area contributed by atoms with Crippen LogP contribution in [0.15, 0.2) is 60.7 Å². The number of halogens is 1. The highest BCUT2D eigenvalue weighted by Crippen LogP contribution is 2.33. The van der Waals surface area contributed by atoms with Gasteiger partial charge in [-0.3, -0.25) is 9.48 Å². The van der Waals surface area contributed by atoms with E-state index in [1.54, 1.807) is 29.8 Å². The predicted molar refractivity (Wildman–Crippen MR) is 114 cm³/mol. The Morgan fingerprint density at radius 2 is 1.83 bits per heavy atom. The van der Waals surface area contributed by atoms with Gasteiger partial charge in [-0.2, -0.15) is 10.1 Å². The monoisotopic (exact) mass is 404 g/mol. The van der Waals surface area contributed by atoms with Crippen LogP contribution < -0.4 is 10.1 Å². The molecule has 0 unspecified atom stereocenters. The zero-order valence-corrected chi connectivity index (χ0v) is 16.9. The summed E-state index contributed by atoms with van der Waals surface area (Å²) in [5, 5.41) is 7.95. The number of hydrogen-bond acceptors (Lipinski definition) is 4. The van der Waals surface area contributed by atoms with Gasteiger partial charge in [0.15, 0.2) is 11.8 Å². The number of nitrogens with one attached hydrogen (secondary N) is 1. The van der Waals surface area contributed by atoms with E-state index in [2.05, 4.69) is 15.4 Å². The fourth-order valence-corrected chi connectivity index (χ4v) is 3.36. The van der Waals surface area contributed by atoms with E-state index in [-0.39, 0.29) is 5.69 Å². The van der Waals surface area contributed by atoms with E-state index < -0.39 is 17.8 Å². The summed E-state index contributed by atoms with van der Waals surface area (Å²) < 4.78 is 21.3. The number of carbonyl (C=O) groups excluding carboxylic acids is 1. The first-order valence-corrected chi connectivity index (χ1v) is 9.56. The summed E-state index contributed by atoms with van der Waals surface area (Å²) in [5.41, 5.74) is 3.53. The number of aromatic nitrogens is 3. The average Bonchev–Trinajstić information content (AvgIpc) is 3.03. The number of ether oxygens (including phenoxy) is 1. The number of benzene rings is 2. The second-order valence-corrected chi connectivity index (χ2v) is 7.01. The van der Waals surface area contributed by atoms with E-state index in [1.807, 2.05) is 44.3 Å². The molecule has 2 aromatic carbocycles. The lowest BCUT2D eigenvalue weighted by atomic mass is 10.0. The Bertz CT molecular complexity index is 1220. The number of rotatable bonds is 5. The summed E-state index contributed by atoms with van der Waals surface area (Å²) in [4.78, 5) is 17.1. The van der Waals surface area contributed by atoms with Gasteiger partial charge in [0.05, 0.1) is 16.8 Å². The third-order valence-electron chi connectivity index (χ3n) is 4.83. The lowest BCUT2D eigenvalue weighted by Crippen LogP contribution is -2.30. The van der Waals surface area contributed by atoms with Crippen LogP contribution in [0.5, 0.6) is 5.88 Å². The molecule has 0 fully saturated rings. The van der Waals surface area contributed by atoms with E-state index in [9.17, 15) is 9.18 Å². The molecule has 2 heterocycles. The molecule has 7 heteroatoms. The Labute approximate surface area is 173 Å². The first kappa shape index (κ1) is 19.6. The minimum atomic E-state index is -0.882. The molecule has 4 rings (SSSR count). The summed E-state index contributed by atoms with van der Waals surface area (Å²) >= 11 is 0. The van der Waals surface area contributed by atoms with Crippen LogP contribution in [0, 0.1) is 12.7 Å². The van der Waals surface area contributed by atoms with Crippen molar-refractivity contribution in [1.29, 1.82) is 0 Å². The molecule has 0 bridgehead atoms. The van der Waals surface area contributed by atoms with Crippen molar-refractivity contribution in [3.8, 4) is 17.0 Å². The molecule has 0 spiro atoms. The van der Waals surface area contributed by atoms with Crippen molar-refractivity contribution >= 4 is 22.6 Å². The maximum atomic E-state index is 13.8. The minimum Gasteiger partial charge on any atom is -0.464 e. The molecule has 2 aromatic heterocycles. The SMILES string of the molecule is Cc1nn(C)c2nc(O[C@H](C)C(=O)Nc3ccccc3F)cc(-c3ccccc3)c12. The van der Waals surface area contributed by atoms with E-state index in [1.165, 1.54) is 12.1 Å². The van der Waals surface area contributed by atoms with Crippen LogP contribution >= 0.6 is 0 Å². The number of hydrogen-bond donors (Lipinski definition) is 1. The second-order valence-electron chi connectivity index (χ2n) is 7.01. The molecule has 0 saturated heterocycles. The van der Waals surface area contributed by atoms with Crippen molar-refractivity contribution in [3.63, 3.8) is 0 Å². The Balaban J connectivity index is 1.67. The number of fused-ring (bicyclic) bond motifs is 1. The zero-order chi connectivity index (χ0) is 21.3. The van der Waals surface area contributed by atoms with Crippen molar-refractivity contribution in [2.45, 2.75) is 20.0 Å². The van der Waals surface area contributed by atoms with Crippen LogP contribution in [0.1, 0.15) is 12.6 Å². The molecule has 0 aliphatic rings. The lowest BCUT2D eigenvalue weighted by molar-refractivity contribution is -0.122. The van der Waals surface area contributed by atoms with Gasteiger partial charge in [-0.25, -0.2) is 4.39 Å². The number of carbonyl (C=O) groups is 1. The third-order valence-corrected chi connectivity index (χ3v) is 4.83. The number of nitrogens with zero attached hydrogens (tertiary/aromatic N) is 3. The van der Waals surface area contributed by atoms with Gasteiger partial charge in [-0.05, 0) is 37.1 Å². The predicted octanol–water partition coefficient (Wildman–Crippen LogP) is 4.49. The Morgan fingerprint density at radius 1 is 1.13 bits per heavy atom. The number of amides is 1. The van der Waals surface area contributed by atoms with E-state index in [0.717, 1.165) is 22.2 Å². The highest BCUT2D eigenvalue weighted by molar-refractivity contribution is 5.96. The van der Waals surface area contributed by atoms with Crippen molar-refractivity contribution < 1.29 is 13.9 Å². The maximum absolute atomic E-state index is 13.8. The summed E-state index contributed by atoms with van der Waals surface area (Å²) in [6, 6.07) is 17.7. The molecule has 1 atom stereocenters. The summed E-state index contributed by atoms with van der Waals surface area (Å²) in [5.74, 6) is -0.681. The van der Waals surface area contributed by atoms with Gasteiger partial charge in [0, 0.05) is 13.1 Å². The maximum Gasteiger partial charge on any atom is 0.265 e. The molecule has 0 aliphatic heterocycles. The highest BCUT2D eigenvalue weighted by atomic mass is 19.1. The molecule has 1 amide bonds. The summed E-state index contributed by atoms with van der Waals surface area (Å²) in [6.07, 6.45) is -0.882. The van der Waals surface area contributed by atoms with E-state index in [4.69, 9.17) is 4.74 Å². The molecular weight excluding hydrogens is 383 g/mol. The smallest absolute Gasteiger partial charge is 0.265 e. The van der Waals surface area contributed by atoms with Gasteiger partial charge in [0.2, 0.25) is 5.88 Å². The molecule has 1 N–H and O–H groups in total. The van der Waals surface area contributed by atoms with Crippen molar-refractivity contribution in [1.82, 2.24) is 14.8 Å². The average molecular weight is 404 g/mol. The summed E-state index contributed by atoms with van der Waals surface area (Å²) in [7, 11) is 1.81. The molecule has 30 heavy (non-hydrogen) atoms. The van der Waals surface area contributed by atoms with Gasteiger partial charge in [0.1, 0.15) is 5.82 Å². The van der Waals surface area contributed by atoms with Gasteiger partial charge in [-0.15, -0.1) is 0 Å². The van der Waals surface area contributed by atoms with Gasteiger partial charge < -0.3 is 10.1 Å². The van der Waals surface area contributed by atoms with Gasteiger partial charge in [0.25, 0.3) is 5.91 Å². The van der Waals surface area contributed by atoms with E-state index in [0.29, 0.717) is 11.5 Å². The molecule has 0 radical (unpaired) electrons. The first-order valence-electron chi connectivity index (χ1n) is 9.56. The van der Waals surface area contributed by atoms with E-state index >= 15 is 0 Å². The molecule has 0 aliphatic carbocycles. The Hall–Kier alpha value is -3.74. The zero-order valence-electron chi connectivity index (χ0n) is 16.9. The quantitative estimate of drug-likeness (QED) is 0.532. The molecule has 0 saturated carbocycles. The topological polar surface area (TPSA) is 69.0 Å². The highest BCUT2D eigenvalue weighted by Gasteiger charge is 2.20. The Morgan fingerprint density at radius 3 is 2.57 bits per heavy atom. The lowest BCUT2D eigenvalue weighted by Gasteiger charge is -2.15.